The first kappa shape index (κ1) is 20.8. The van der Waals surface area contributed by atoms with Gasteiger partial charge in [0.1, 0.15) is 0 Å². The Morgan fingerprint density at radius 1 is 1.00 bits per heavy atom. The number of para-hydroxylation sites is 1. The smallest absolute Gasteiger partial charge is 0.266 e. The maximum Gasteiger partial charge on any atom is 0.266 e. The summed E-state index contributed by atoms with van der Waals surface area (Å²) < 4.78 is 0. The Morgan fingerprint density at radius 3 is 2.45 bits per heavy atom. The standard InChI is InChI=1S/C25H26N4O2/c1-17-10-9-13-19(16-17)27-25(2,31)28-23-24(30)29(3)21-15-8-7-14-20(21)22(26-23)18-11-5-4-6-12-18/h4-16,23,27-28,31H,1-3H3/t23-,25?/m0/s1. The normalized spacial score (nSPS) is 17.9. The van der Waals surface area contributed by atoms with Crippen molar-refractivity contribution in [1.29, 1.82) is 0 Å². The minimum Gasteiger partial charge on any atom is -0.359 e. The van der Waals surface area contributed by atoms with E-state index in [1.165, 1.54) is 0 Å². The van der Waals surface area contributed by atoms with Gasteiger partial charge in [-0.3, -0.25) is 9.79 Å². The maximum atomic E-state index is 13.3. The summed E-state index contributed by atoms with van der Waals surface area (Å²) in [5, 5.41) is 17.0. The van der Waals surface area contributed by atoms with Crippen molar-refractivity contribution < 1.29 is 9.90 Å². The molecule has 1 aliphatic heterocycles. The quantitative estimate of drug-likeness (QED) is 0.559. The number of anilines is 2. The molecule has 3 N–H and O–H groups in total. The third-order valence-electron chi connectivity index (χ3n) is 5.21. The zero-order chi connectivity index (χ0) is 22.0. The molecule has 1 amide bonds. The second-order valence-corrected chi connectivity index (χ2v) is 7.87. The molecule has 2 atom stereocenters. The van der Waals surface area contributed by atoms with E-state index in [1.807, 2.05) is 85.8 Å². The molecule has 1 aliphatic rings. The van der Waals surface area contributed by atoms with E-state index in [-0.39, 0.29) is 5.91 Å². The summed E-state index contributed by atoms with van der Waals surface area (Å²) in [7, 11) is 1.72. The lowest BCUT2D eigenvalue weighted by molar-refractivity contribution is -0.121. The number of benzene rings is 3. The molecule has 0 bridgehead atoms. The number of hydrogen-bond donors (Lipinski definition) is 3. The largest absolute Gasteiger partial charge is 0.359 e. The van der Waals surface area contributed by atoms with Gasteiger partial charge in [0.05, 0.1) is 11.4 Å². The molecular formula is C25H26N4O2. The van der Waals surface area contributed by atoms with Crippen LogP contribution in [0.25, 0.3) is 0 Å². The van der Waals surface area contributed by atoms with E-state index in [9.17, 15) is 9.90 Å². The number of aliphatic hydroxyl groups is 1. The molecule has 0 saturated carbocycles. The van der Waals surface area contributed by atoms with Gasteiger partial charge in [-0.25, -0.2) is 5.32 Å². The van der Waals surface area contributed by atoms with Gasteiger partial charge in [0.25, 0.3) is 5.91 Å². The molecule has 3 aromatic carbocycles. The van der Waals surface area contributed by atoms with Gasteiger partial charge in [0.15, 0.2) is 12.0 Å². The molecule has 0 fully saturated rings. The number of carbonyl (C=O) groups is 1. The van der Waals surface area contributed by atoms with E-state index in [0.29, 0.717) is 5.71 Å². The topological polar surface area (TPSA) is 77.0 Å². The SMILES string of the molecule is Cc1cccc(NC(C)(O)N[C@@H]2N=C(c3ccccc3)c3ccccc3N(C)C2=O)c1. The van der Waals surface area contributed by atoms with Crippen LogP contribution in [0.15, 0.2) is 83.9 Å². The van der Waals surface area contributed by atoms with Gasteiger partial charge in [-0.15, -0.1) is 0 Å². The molecule has 158 valence electrons. The summed E-state index contributed by atoms with van der Waals surface area (Å²) in [6.45, 7) is 3.54. The molecule has 0 spiro atoms. The predicted octanol–water partition coefficient (Wildman–Crippen LogP) is 3.50. The lowest BCUT2D eigenvalue weighted by atomic mass is 10.0. The Bertz CT molecular complexity index is 1130. The van der Waals surface area contributed by atoms with Gasteiger partial charge in [-0.1, -0.05) is 60.7 Å². The zero-order valence-corrected chi connectivity index (χ0v) is 17.8. The number of hydrogen-bond acceptors (Lipinski definition) is 5. The summed E-state index contributed by atoms with van der Waals surface area (Å²) in [4.78, 5) is 19.6. The van der Waals surface area contributed by atoms with Crippen molar-refractivity contribution in [3.63, 3.8) is 0 Å². The predicted molar refractivity (Wildman–Crippen MR) is 124 cm³/mol. The van der Waals surface area contributed by atoms with Crippen molar-refractivity contribution in [2.75, 3.05) is 17.3 Å². The zero-order valence-electron chi connectivity index (χ0n) is 17.8. The summed E-state index contributed by atoms with van der Waals surface area (Å²) in [6, 6.07) is 25.1. The van der Waals surface area contributed by atoms with E-state index in [1.54, 1.807) is 18.9 Å². The number of rotatable bonds is 5. The number of carbonyl (C=O) groups excluding carboxylic acids is 1. The highest BCUT2D eigenvalue weighted by molar-refractivity contribution is 6.20. The molecular weight excluding hydrogens is 388 g/mol. The van der Waals surface area contributed by atoms with E-state index < -0.39 is 12.0 Å². The molecule has 31 heavy (non-hydrogen) atoms. The van der Waals surface area contributed by atoms with Crippen LogP contribution in [0.4, 0.5) is 11.4 Å². The fourth-order valence-corrected chi connectivity index (χ4v) is 3.75. The molecule has 1 heterocycles. The fraction of sp³-hybridized carbons (Fsp3) is 0.200. The third kappa shape index (κ3) is 4.50. The Kier molecular flexibility index (Phi) is 5.59. The molecule has 0 saturated heterocycles. The first-order valence-corrected chi connectivity index (χ1v) is 10.2. The van der Waals surface area contributed by atoms with Crippen LogP contribution >= 0.6 is 0 Å². The molecule has 3 aromatic rings. The number of aryl methyl sites for hydroxylation is 1. The van der Waals surface area contributed by atoms with E-state index in [2.05, 4.69) is 10.6 Å². The van der Waals surface area contributed by atoms with Crippen LogP contribution in [-0.4, -0.2) is 35.8 Å². The number of aliphatic imine (C=N–C) groups is 1. The molecule has 1 unspecified atom stereocenters. The number of nitrogens with one attached hydrogen (secondary N) is 2. The Hall–Kier alpha value is -3.48. The number of fused-ring (bicyclic) bond motifs is 1. The van der Waals surface area contributed by atoms with Crippen LogP contribution in [0.1, 0.15) is 23.6 Å². The molecule has 6 nitrogen and oxygen atoms in total. The van der Waals surface area contributed by atoms with Crippen molar-refractivity contribution >= 4 is 23.0 Å². The van der Waals surface area contributed by atoms with Crippen LogP contribution in [0.3, 0.4) is 0 Å². The van der Waals surface area contributed by atoms with Crippen LogP contribution in [-0.2, 0) is 4.79 Å². The van der Waals surface area contributed by atoms with Gasteiger partial charge < -0.3 is 15.3 Å². The van der Waals surface area contributed by atoms with E-state index >= 15 is 0 Å². The van der Waals surface area contributed by atoms with E-state index in [0.717, 1.165) is 28.1 Å². The summed E-state index contributed by atoms with van der Waals surface area (Å²) in [6.07, 6.45) is -0.986. The highest BCUT2D eigenvalue weighted by Crippen LogP contribution is 2.27. The van der Waals surface area contributed by atoms with Crippen LogP contribution in [0.2, 0.25) is 0 Å². The first-order valence-electron chi connectivity index (χ1n) is 10.2. The third-order valence-corrected chi connectivity index (χ3v) is 5.21. The second-order valence-electron chi connectivity index (χ2n) is 7.87. The van der Waals surface area contributed by atoms with Crippen LogP contribution in [0.5, 0.6) is 0 Å². The average molecular weight is 415 g/mol. The van der Waals surface area contributed by atoms with Crippen molar-refractivity contribution in [2.45, 2.75) is 25.9 Å². The van der Waals surface area contributed by atoms with Crippen LogP contribution in [0, 0.1) is 6.92 Å². The summed E-state index contributed by atoms with van der Waals surface area (Å²) in [5.41, 5.74) is 5.02. The lowest BCUT2D eigenvalue weighted by Gasteiger charge is -2.31. The van der Waals surface area contributed by atoms with Gasteiger partial charge in [0, 0.05) is 23.9 Å². The Balaban J connectivity index is 1.72. The van der Waals surface area contributed by atoms with Crippen molar-refractivity contribution in [2.24, 2.45) is 4.99 Å². The Labute approximate surface area is 182 Å². The van der Waals surface area contributed by atoms with Gasteiger partial charge in [-0.2, -0.15) is 0 Å². The number of likely N-dealkylation sites (N-methyl/N-ethyl adjacent to an activating group) is 1. The van der Waals surface area contributed by atoms with E-state index in [4.69, 9.17) is 4.99 Å². The summed E-state index contributed by atoms with van der Waals surface area (Å²) in [5.74, 6) is -1.83. The second kappa shape index (κ2) is 8.34. The average Bonchev–Trinajstić information content (AvgIpc) is 2.85. The van der Waals surface area contributed by atoms with Gasteiger partial charge >= 0.3 is 0 Å². The minimum atomic E-state index is -1.57. The van der Waals surface area contributed by atoms with Crippen molar-refractivity contribution in [1.82, 2.24) is 5.32 Å². The summed E-state index contributed by atoms with van der Waals surface area (Å²) >= 11 is 0. The number of benzodiazepines with no additional fused rings is 1. The number of amides is 1. The molecule has 0 aromatic heterocycles. The molecule has 0 aliphatic carbocycles. The monoisotopic (exact) mass is 414 g/mol. The molecule has 0 radical (unpaired) electrons. The Morgan fingerprint density at radius 2 is 1.71 bits per heavy atom. The lowest BCUT2D eigenvalue weighted by Crippen LogP contribution is -2.57. The van der Waals surface area contributed by atoms with Gasteiger partial charge in [-0.05, 0) is 37.6 Å². The number of nitrogens with zero attached hydrogens (tertiary/aromatic N) is 2. The molecule has 4 rings (SSSR count). The van der Waals surface area contributed by atoms with Crippen molar-refractivity contribution in [3.8, 4) is 0 Å². The molecule has 6 heteroatoms. The minimum absolute atomic E-state index is 0.260. The highest BCUT2D eigenvalue weighted by atomic mass is 16.3. The fourth-order valence-electron chi connectivity index (χ4n) is 3.75. The highest BCUT2D eigenvalue weighted by Gasteiger charge is 2.34. The van der Waals surface area contributed by atoms with Crippen LogP contribution < -0.4 is 15.5 Å². The van der Waals surface area contributed by atoms with Gasteiger partial charge in [0.2, 0.25) is 0 Å². The maximum absolute atomic E-state index is 13.3. The van der Waals surface area contributed by atoms with Crippen molar-refractivity contribution in [3.05, 3.63) is 95.6 Å². The first-order chi connectivity index (χ1) is 14.8.